The fourth-order valence-corrected chi connectivity index (χ4v) is 3.95. The maximum absolute atomic E-state index is 5.00. The summed E-state index contributed by atoms with van der Waals surface area (Å²) in [4.78, 5) is 8.15. The number of nitrogens with one attached hydrogen (secondary N) is 2. The number of aromatic amines is 1. The van der Waals surface area contributed by atoms with Crippen molar-refractivity contribution in [3.8, 4) is 11.3 Å². The molecular weight excluding hydrogens is 394 g/mol. The molecule has 2 heterocycles. The van der Waals surface area contributed by atoms with E-state index in [2.05, 4.69) is 88.1 Å². The summed E-state index contributed by atoms with van der Waals surface area (Å²) in [6.45, 7) is 1.61. The summed E-state index contributed by atoms with van der Waals surface area (Å²) < 4.78 is 0. The van der Waals surface area contributed by atoms with E-state index in [1.165, 1.54) is 0 Å². The predicted molar refractivity (Wildman–Crippen MR) is 134 cm³/mol. The van der Waals surface area contributed by atoms with Crippen LogP contribution in [0.15, 0.2) is 101 Å². The van der Waals surface area contributed by atoms with Crippen molar-refractivity contribution in [2.24, 2.45) is 10.1 Å². The summed E-state index contributed by atoms with van der Waals surface area (Å²) in [5.41, 5.74) is 6.33. The van der Waals surface area contributed by atoms with Crippen LogP contribution < -0.4 is 5.32 Å². The summed E-state index contributed by atoms with van der Waals surface area (Å²) in [7, 11) is 1.94. The Morgan fingerprint density at radius 2 is 1.66 bits per heavy atom. The van der Waals surface area contributed by atoms with Crippen molar-refractivity contribution >= 4 is 28.7 Å². The number of hydrazone groups is 1. The van der Waals surface area contributed by atoms with Gasteiger partial charge in [-0.3, -0.25) is 0 Å². The van der Waals surface area contributed by atoms with E-state index in [-0.39, 0.29) is 0 Å². The zero-order chi connectivity index (χ0) is 21.8. The smallest absolute Gasteiger partial charge is 0.214 e. The summed E-state index contributed by atoms with van der Waals surface area (Å²) >= 11 is 0. The lowest BCUT2D eigenvalue weighted by atomic mass is 10.0. The molecule has 32 heavy (non-hydrogen) atoms. The summed E-state index contributed by atoms with van der Waals surface area (Å²) in [6, 6.07) is 29.1. The van der Waals surface area contributed by atoms with E-state index >= 15 is 0 Å². The van der Waals surface area contributed by atoms with Crippen LogP contribution >= 0.6 is 0 Å². The lowest BCUT2D eigenvalue weighted by Gasteiger charge is -2.15. The van der Waals surface area contributed by atoms with E-state index in [1.54, 1.807) is 0 Å². The van der Waals surface area contributed by atoms with Gasteiger partial charge in [0.25, 0.3) is 0 Å². The van der Waals surface area contributed by atoms with E-state index in [4.69, 9.17) is 5.10 Å². The highest BCUT2D eigenvalue weighted by atomic mass is 15.5. The van der Waals surface area contributed by atoms with Gasteiger partial charge in [-0.1, -0.05) is 84.9 Å². The molecule has 0 bridgehead atoms. The Hall–Kier alpha value is -4.12. The number of para-hydroxylation sites is 1. The third-order valence-electron chi connectivity index (χ3n) is 5.48. The minimum atomic E-state index is 0.771. The number of rotatable bonds is 5. The highest BCUT2D eigenvalue weighted by molar-refractivity contribution is 6.21. The second-order valence-electron chi connectivity index (χ2n) is 7.67. The number of hydrogen-bond acceptors (Lipinski definition) is 4. The Morgan fingerprint density at radius 1 is 0.938 bits per heavy atom. The number of H-pyrrole nitrogens is 1. The number of nitrogens with zero attached hydrogens (tertiary/aromatic N) is 3. The topological polar surface area (TPSA) is 55.8 Å². The molecule has 0 aliphatic carbocycles. The molecule has 0 saturated heterocycles. The number of hydrogen-bond donors (Lipinski definition) is 2. The molecule has 0 fully saturated rings. The molecule has 5 nitrogen and oxygen atoms in total. The largest absolute Gasteiger partial charge is 0.354 e. The second-order valence-corrected chi connectivity index (χ2v) is 7.67. The van der Waals surface area contributed by atoms with Gasteiger partial charge in [0, 0.05) is 30.1 Å². The van der Waals surface area contributed by atoms with Gasteiger partial charge in [-0.05, 0) is 23.3 Å². The first kappa shape index (κ1) is 19.8. The molecule has 0 unspecified atom stereocenters. The Morgan fingerprint density at radius 3 is 2.41 bits per heavy atom. The molecule has 1 aliphatic heterocycles. The molecule has 4 aromatic rings. The normalized spacial score (nSPS) is 14.0. The average Bonchev–Trinajstić information content (AvgIpc) is 3.51. The highest BCUT2D eigenvalue weighted by Gasteiger charge is 2.18. The van der Waals surface area contributed by atoms with Gasteiger partial charge in [-0.25, -0.2) is 10.0 Å². The van der Waals surface area contributed by atoms with Crippen molar-refractivity contribution in [3.63, 3.8) is 0 Å². The molecule has 0 spiro atoms. The Kier molecular flexibility index (Phi) is 5.54. The molecule has 0 atom stereocenters. The number of allylic oxidation sites excluding steroid dienone is 1. The van der Waals surface area contributed by atoms with E-state index in [0.717, 1.165) is 58.0 Å². The average molecular weight is 420 g/mol. The maximum atomic E-state index is 5.00. The maximum Gasteiger partial charge on any atom is 0.214 e. The molecule has 0 saturated carbocycles. The Labute approximate surface area is 187 Å². The molecule has 5 rings (SSSR count). The quantitative estimate of drug-likeness (QED) is 0.347. The van der Waals surface area contributed by atoms with Crippen LogP contribution in [0.1, 0.15) is 11.1 Å². The van der Waals surface area contributed by atoms with Gasteiger partial charge in [0.15, 0.2) is 0 Å². The van der Waals surface area contributed by atoms with Crippen molar-refractivity contribution in [2.45, 2.75) is 0 Å². The number of aromatic nitrogens is 1. The molecule has 5 heteroatoms. The van der Waals surface area contributed by atoms with Gasteiger partial charge in [-0.2, -0.15) is 5.10 Å². The SMILES string of the molecule is CN(N=C(C=Cc1ccccc1)c1c(-c2ccccc2)[nH]c2ccccc12)C1=NCCN1. The van der Waals surface area contributed by atoms with Gasteiger partial charge in [0.05, 0.1) is 18.0 Å². The third kappa shape index (κ3) is 4.05. The lowest BCUT2D eigenvalue weighted by Crippen LogP contribution is -2.32. The molecule has 1 aliphatic rings. The van der Waals surface area contributed by atoms with E-state index < -0.39 is 0 Å². The van der Waals surface area contributed by atoms with Crippen molar-refractivity contribution in [3.05, 3.63) is 102 Å². The first-order valence-corrected chi connectivity index (χ1v) is 10.8. The highest BCUT2D eigenvalue weighted by Crippen LogP contribution is 2.31. The standard InChI is InChI=1S/C27H25N5/c1-32(27-28-18-19-29-27)31-24(17-16-20-10-4-2-5-11-20)25-22-14-8-9-15-23(22)30-26(25)21-12-6-3-7-13-21/h2-17,30H,18-19H2,1H3,(H,28,29). The van der Waals surface area contributed by atoms with E-state index in [9.17, 15) is 0 Å². The van der Waals surface area contributed by atoms with Crippen LogP contribution in [0.2, 0.25) is 0 Å². The molecule has 0 radical (unpaired) electrons. The Bertz CT molecular complexity index is 1300. The van der Waals surface area contributed by atoms with Crippen LogP contribution in [0.25, 0.3) is 28.2 Å². The van der Waals surface area contributed by atoms with Crippen LogP contribution in [0, 0.1) is 0 Å². The van der Waals surface area contributed by atoms with Crippen LogP contribution in [0.4, 0.5) is 0 Å². The number of guanidine groups is 1. The van der Waals surface area contributed by atoms with Gasteiger partial charge in [0.1, 0.15) is 0 Å². The number of fused-ring (bicyclic) bond motifs is 1. The zero-order valence-electron chi connectivity index (χ0n) is 18.0. The first-order valence-electron chi connectivity index (χ1n) is 10.8. The van der Waals surface area contributed by atoms with Crippen LogP contribution in [-0.2, 0) is 0 Å². The fraction of sp³-hybridized carbons (Fsp3) is 0.111. The molecule has 158 valence electrons. The van der Waals surface area contributed by atoms with Crippen LogP contribution in [0.5, 0.6) is 0 Å². The zero-order valence-corrected chi connectivity index (χ0v) is 18.0. The summed E-state index contributed by atoms with van der Waals surface area (Å²) in [5.74, 6) is 0.789. The molecular formula is C27H25N5. The monoisotopic (exact) mass is 419 g/mol. The van der Waals surface area contributed by atoms with Crippen LogP contribution in [-0.4, -0.2) is 41.8 Å². The van der Waals surface area contributed by atoms with Gasteiger partial charge in [-0.15, -0.1) is 0 Å². The number of aliphatic imine (C=N–C) groups is 1. The second kappa shape index (κ2) is 8.94. The van der Waals surface area contributed by atoms with Crippen molar-refractivity contribution in [1.82, 2.24) is 15.3 Å². The molecule has 2 N–H and O–H groups in total. The van der Waals surface area contributed by atoms with Crippen molar-refractivity contribution in [1.29, 1.82) is 0 Å². The minimum absolute atomic E-state index is 0.771. The van der Waals surface area contributed by atoms with Crippen molar-refractivity contribution < 1.29 is 0 Å². The number of benzene rings is 3. The predicted octanol–water partition coefficient (Wildman–Crippen LogP) is 5.14. The first-order chi connectivity index (χ1) is 15.8. The Balaban J connectivity index is 1.69. The summed E-state index contributed by atoms with van der Waals surface area (Å²) in [6.07, 6.45) is 4.19. The van der Waals surface area contributed by atoms with Crippen LogP contribution in [0.3, 0.4) is 0 Å². The van der Waals surface area contributed by atoms with E-state index in [0.29, 0.717) is 0 Å². The van der Waals surface area contributed by atoms with Crippen molar-refractivity contribution in [2.75, 3.05) is 20.1 Å². The van der Waals surface area contributed by atoms with Gasteiger partial charge in [0.2, 0.25) is 5.96 Å². The lowest BCUT2D eigenvalue weighted by molar-refractivity contribution is 0.528. The molecule has 1 aromatic heterocycles. The molecule has 0 amide bonds. The van der Waals surface area contributed by atoms with Gasteiger partial charge < -0.3 is 10.3 Å². The summed E-state index contributed by atoms with van der Waals surface area (Å²) in [5, 5.41) is 11.3. The fourth-order valence-electron chi connectivity index (χ4n) is 3.95. The molecule has 3 aromatic carbocycles. The third-order valence-corrected chi connectivity index (χ3v) is 5.48. The van der Waals surface area contributed by atoms with Gasteiger partial charge >= 0.3 is 0 Å². The van der Waals surface area contributed by atoms with E-state index in [1.807, 2.05) is 36.3 Å². The minimum Gasteiger partial charge on any atom is -0.354 e.